The maximum atomic E-state index is 12.5. The molecule has 0 spiro atoms. The number of nitrogens with two attached hydrogens (primary N) is 1. The van der Waals surface area contributed by atoms with E-state index in [1.165, 1.54) is 14.2 Å². The van der Waals surface area contributed by atoms with E-state index in [-0.39, 0.29) is 18.3 Å². The second-order valence-corrected chi connectivity index (χ2v) is 6.77. The van der Waals surface area contributed by atoms with Crippen molar-refractivity contribution in [3.63, 3.8) is 0 Å². The van der Waals surface area contributed by atoms with Gasteiger partial charge in [-0.1, -0.05) is 12.1 Å². The van der Waals surface area contributed by atoms with Crippen molar-refractivity contribution in [3.05, 3.63) is 48.0 Å². The number of carbonyl (C=O) groups is 2. The monoisotopic (exact) mass is 424 g/mol. The third kappa shape index (κ3) is 5.72. The van der Waals surface area contributed by atoms with Gasteiger partial charge in [-0.15, -0.1) is 0 Å². The number of benzene rings is 2. The second-order valence-electron chi connectivity index (χ2n) is 6.77. The van der Waals surface area contributed by atoms with Crippen molar-refractivity contribution in [2.45, 2.75) is 19.4 Å². The minimum absolute atomic E-state index is 0.0411. The number of hydrogen-bond acceptors (Lipinski definition) is 6. The molecule has 0 aromatic heterocycles. The van der Waals surface area contributed by atoms with Gasteiger partial charge < -0.3 is 25.8 Å². The van der Waals surface area contributed by atoms with Crippen molar-refractivity contribution in [1.82, 2.24) is 5.32 Å². The highest BCUT2D eigenvalue weighted by atomic mass is 16.5. The molecule has 0 saturated carbocycles. The normalized spacial score (nSPS) is 15.7. The number of aliphatic imine (C=N–C) groups is 2. The molecule has 10 nitrogen and oxygen atoms in total. The zero-order valence-electron chi connectivity index (χ0n) is 17.4. The van der Waals surface area contributed by atoms with Crippen LogP contribution in [0.1, 0.15) is 12.0 Å². The highest BCUT2D eigenvalue weighted by Gasteiger charge is 2.29. The molecule has 0 aliphatic carbocycles. The summed E-state index contributed by atoms with van der Waals surface area (Å²) in [4.78, 5) is 32.9. The first-order valence-corrected chi connectivity index (χ1v) is 9.46. The van der Waals surface area contributed by atoms with Gasteiger partial charge in [0.1, 0.15) is 17.5 Å². The Morgan fingerprint density at radius 2 is 2.00 bits per heavy atom. The smallest absolute Gasteiger partial charge is 0.252 e. The number of carbonyl (C=O) groups excluding carboxylic acids is 2. The number of ether oxygens (including phenoxy) is 2. The Labute approximate surface area is 179 Å². The van der Waals surface area contributed by atoms with Crippen molar-refractivity contribution in [1.29, 1.82) is 0 Å². The first kappa shape index (κ1) is 21.6. The van der Waals surface area contributed by atoms with Crippen LogP contribution in [0, 0.1) is 6.92 Å². The number of guanidine groups is 2. The summed E-state index contributed by atoms with van der Waals surface area (Å²) in [5.41, 5.74) is 8.14. The minimum Gasteiger partial charge on any atom is -0.497 e. The molecular weight excluding hydrogens is 400 g/mol. The first-order chi connectivity index (χ1) is 14.9. The van der Waals surface area contributed by atoms with Crippen molar-refractivity contribution >= 4 is 35.1 Å². The predicted molar refractivity (Wildman–Crippen MR) is 119 cm³/mol. The van der Waals surface area contributed by atoms with Gasteiger partial charge in [0.05, 0.1) is 26.3 Å². The molecule has 3 rings (SSSR count). The number of nitrogens with one attached hydrogen (secondary N) is 3. The topological polar surface area (TPSA) is 139 Å². The minimum atomic E-state index is -0.915. The molecular formula is C21H24N6O4. The summed E-state index contributed by atoms with van der Waals surface area (Å²) in [6.07, 6.45) is -0.170. The molecule has 1 unspecified atom stereocenters. The molecule has 1 atom stereocenters. The Hall–Kier alpha value is -4.08. The fourth-order valence-corrected chi connectivity index (χ4v) is 2.93. The van der Waals surface area contributed by atoms with Crippen LogP contribution in [0.15, 0.2) is 52.4 Å². The summed E-state index contributed by atoms with van der Waals surface area (Å²) in [5, 5.41) is 8.16. The van der Waals surface area contributed by atoms with Gasteiger partial charge in [0.25, 0.3) is 5.91 Å². The fraction of sp³-hybridized carbons (Fsp3) is 0.238. The second kappa shape index (κ2) is 9.61. The average Bonchev–Trinajstić information content (AvgIpc) is 3.06. The number of methoxy groups -OCH3 is 2. The Bertz CT molecular complexity index is 1050. The Balaban J connectivity index is 1.64. The molecule has 31 heavy (non-hydrogen) atoms. The largest absolute Gasteiger partial charge is 0.497 e. The van der Waals surface area contributed by atoms with E-state index < -0.39 is 17.9 Å². The lowest BCUT2D eigenvalue weighted by molar-refractivity contribution is -0.123. The lowest BCUT2D eigenvalue weighted by Crippen LogP contribution is -2.32. The van der Waals surface area contributed by atoms with Crippen molar-refractivity contribution < 1.29 is 19.1 Å². The van der Waals surface area contributed by atoms with Gasteiger partial charge in [-0.3, -0.25) is 14.9 Å². The summed E-state index contributed by atoms with van der Waals surface area (Å²) < 4.78 is 10.4. The molecule has 0 bridgehead atoms. The molecule has 5 N–H and O–H groups in total. The highest BCUT2D eigenvalue weighted by molar-refractivity contribution is 6.11. The standard InChI is InChI=1S/C21H24N6O4/c1-12-5-4-6-13(9-12)23-20(22)27-21-25-16(19(29)26-21)11-18(28)24-15-10-14(30-2)7-8-17(15)31-3/h4-10,16H,11H2,1-3H3,(H,24,28)(H4,22,23,25,26,27,29). The molecule has 2 aromatic carbocycles. The lowest BCUT2D eigenvalue weighted by atomic mass is 10.2. The van der Waals surface area contributed by atoms with E-state index in [0.29, 0.717) is 17.2 Å². The van der Waals surface area contributed by atoms with E-state index >= 15 is 0 Å². The van der Waals surface area contributed by atoms with Crippen LogP contribution in [0.5, 0.6) is 11.5 Å². The van der Waals surface area contributed by atoms with E-state index in [4.69, 9.17) is 15.2 Å². The van der Waals surface area contributed by atoms with Gasteiger partial charge in [0, 0.05) is 11.8 Å². The molecule has 1 aliphatic heterocycles. The van der Waals surface area contributed by atoms with Gasteiger partial charge >= 0.3 is 0 Å². The lowest BCUT2D eigenvalue weighted by Gasteiger charge is -2.12. The van der Waals surface area contributed by atoms with Crippen molar-refractivity contribution in [2.75, 3.05) is 24.9 Å². The summed E-state index contributed by atoms with van der Waals surface area (Å²) in [6, 6.07) is 11.7. The molecule has 10 heteroatoms. The Kier molecular flexibility index (Phi) is 6.71. The zero-order valence-corrected chi connectivity index (χ0v) is 17.4. The number of rotatable bonds is 6. The van der Waals surface area contributed by atoms with Gasteiger partial charge in [0.2, 0.25) is 17.8 Å². The third-order valence-electron chi connectivity index (χ3n) is 4.39. The van der Waals surface area contributed by atoms with E-state index in [1.807, 2.05) is 31.2 Å². The van der Waals surface area contributed by atoms with Crippen LogP contribution in [-0.2, 0) is 9.59 Å². The number of aryl methyl sites for hydroxylation is 1. The maximum absolute atomic E-state index is 12.5. The van der Waals surface area contributed by atoms with Gasteiger partial charge in [-0.05, 0) is 36.8 Å². The molecule has 162 valence electrons. The average molecular weight is 424 g/mol. The van der Waals surface area contributed by atoms with E-state index in [1.54, 1.807) is 18.2 Å². The molecule has 2 aromatic rings. The van der Waals surface area contributed by atoms with Gasteiger partial charge in [-0.25, -0.2) is 4.99 Å². The molecule has 1 heterocycles. The van der Waals surface area contributed by atoms with Crippen LogP contribution in [0.25, 0.3) is 0 Å². The van der Waals surface area contributed by atoms with Gasteiger partial charge in [-0.2, -0.15) is 4.99 Å². The van der Waals surface area contributed by atoms with Crippen molar-refractivity contribution in [2.24, 2.45) is 15.7 Å². The molecule has 1 aliphatic rings. The first-order valence-electron chi connectivity index (χ1n) is 9.46. The summed E-state index contributed by atoms with van der Waals surface area (Å²) >= 11 is 0. The molecule has 0 fully saturated rings. The fourth-order valence-electron chi connectivity index (χ4n) is 2.93. The van der Waals surface area contributed by atoms with Crippen molar-refractivity contribution in [3.8, 4) is 11.5 Å². The molecule has 0 saturated heterocycles. The maximum Gasteiger partial charge on any atom is 0.252 e. The quantitative estimate of drug-likeness (QED) is 0.410. The van der Waals surface area contributed by atoms with Crippen LogP contribution < -0.4 is 31.2 Å². The van der Waals surface area contributed by atoms with Crippen LogP contribution in [0.4, 0.5) is 11.4 Å². The van der Waals surface area contributed by atoms with Crippen LogP contribution in [0.3, 0.4) is 0 Å². The van der Waals surface area contributed by atoms with Crippen LogP contribution in [-0.4, -0.2) is 44.0 Å². The molecule has 2 amide bonds. The summed E-state index contributed by atoms with van der Waals surface area (Å²) in [5.74, 6) is 0.284. The number of nitrogens with zero attached hydrogens (tertiary/aromatic N) is 2. The SMILES string of the molecule is COc1ccc(OC)c(NC(=O)CC2N=C(/N=C(\N)Nc3cccc(C)c3)NC2=O)c1. The number of amides is 2. The summed E-state index contributed by atoms with van der Waals surface area (Å²) in [6.45, 7) is 1.95. The van der Waals surface area contributed by atoms with E-state index in [9.17, 15) is 9.59 Å². The summed E-state index contributed by atoms with van der Waals surface area (Å²) in [7, 11) is 3.01. The van der Waals surface area contributed by atoms with E-state index in [0.717, 1.165) is 11.3 Å². The predicted octanol–water partition coefficient (Wildman–Crippen LogP) is 1.62. The highest BCUT2D eigenvalue weighted by Crippen LogP contribution is 2.29. The van der Waals surface area contributed by atoms with Gasteiger partial charge in [0.15, 0.2) is 0 Å². The van der Waals surface area contributed by atoms with E-state index in [2.05, 4.69) is 25.9 Å². The van der Waals surface area contributed by atoms with Crippen LogP contribution >= 0.6 is 0 Å². The molecule has 0 radical (unpaired) electrons. The Morgan fingerprint density at radius 3 is 2.71 bits per heavy atom. The number of hydrogen-bond donors (Lipinski definition) is 4. The third-order valence-corrected chi connectivity index (χ3v) is 4.39. The van der Waals surface area contributed by atoms with Crippen LogP contribution in [0.2, 0.25) is 0 Å². The zero-order chi connectivity index (χ0) is 22.4. The Morgan fingerprint density at radius 1 is 1.19 bits per heavy atom. The number of anilines is 2.